The topological polar surface area (TPSA) is 87.5 Å². The summed E-state index contributed by atoms with van der Waals surface area (Å²) in [5.74, 6) is -1.76. The number of hydrogen-bond donors (Lipinski definition) is 1. The van der Waals surface area contributed by atoms with Gasteiger partial charge in [0.05, 0.1) is 0 Å². The molecule has 8 nitrogen and oxygen atoms in total. The zero-order valence-corrected chi connectivity index (χ0v) is 14.4. The minimum Gasteiger partial charge on any atom is -0.346 e. The Morgan fingerprint density at radius 1 is 1.15 bits per heavy atom. The lowest BCUT2D eigenvalue weighted by molar-refractivity contribution is -0.148. The molecule has 0 bridgehead atoms. The van der Waals surface area contributed by atoms with E-state index in [2.05, 4.69) is 10.4 Å². The SMILES string of the molecule is CC(C)NC(=O)C(=O)N1CCN(C(=O)Cn2ccc(C(F)(F)F)n2)CC1. The van der Waals surface area contributed by atoms with E-state index in [1.165, 1.54) is 9.80 Å². The molecule has 0 atom stereocenters. The molecule has 2 heterocycles. The largest absolute Gasteiger partial charge is 0.435 e. The molecule has 26 heavy (non-hydrogen) atoms. The van der Waals surface area contributed by atoms with Crippen LogP contribution in [0.3, 0.4) is 0 Å². The van der Waals surface area contributed by atoms with Gasteiger partial charge in [0.15, 0.2) is 5.69 Å². The van der Waals surface area contributed by atoms with Crippen LogP contribution >= 0.6 is 0 Å². The number of piperazine rings is 1. The molecule has 0 saturated carbocycles. The summed E-state index contributed by atoms with van der Waals surface area (Å²) in [5, 5.41) is 5.84. The zero-order chi connectivity index (χ0) is 19.5. The summed E-state index contributed by atoms with van der Waals surface area (Å²) >= 11 is 0. The molecule has 0 spiro atoms. The molecule has 1 fully saturated rings. The lowest BCUT2D eigenvalue weighted by Gasteiger charge is -2.34. The molecule has 0 unspecified atom stereocenters. The smallest absolute Gasteiger partial charge is 0.346 e. The number of alkyl halides is 3. The van der Waals surface area contributed by atoms with E-state index >= 15 is 0 Å². The van der Waals surface area contributed by atoms with E-state index in [1.807, 2.05) is 0 Å². The molecule has 3 amide bonds. The van der Waals surface area contributed by atoms with Gasteiger partial charge in [-0.05, 0) is 19.9 Å². The Morgan fingerprint density at radius 3 is 2.23 bits per heavy atom. The third-order valence-electron chi connectivity index (χ3n) is 3.76. The molecule has 11 heteroatoms. The van der Waals surface area contributed by atoms with Crippen molar-refractivity contribution in [2.24, 2.45) is 0 Å². The highest BCUT2D eigenvalue weighted by molar-refractivity contribution is 6.35. The second-order valence-corrected chi connectivity index (χ2v) is 6.20. The maximum absolute atomic E-state index is 12.5. The number of amides is 3. The monoisotopic (exact) mass is 375 g/mol. The molecule has 0 radical (unpaired) electrons. The van der Waals surface area contributed by atoms with Crippen LogP contribution in [0.5, 0.6) is 0 Å². The summed E-state index contributed by atoms with van der Waals surface area (Å²) in [4.78, 5) is 38.7. The van der Waals surface area contributed by atoms with Gasteiger partial charge in [-0.25, -0.2) is 0 Å². The van der Waals surface area contributed by atoms with Gasteiger partial charge in [0, 0.05) is 38.4 Å². The summed E-state index contributed by atoms with van der Waals surface area (Å²) in [6.45, 7) is 3.92. The standard InChI is InChI=1S/C15H20F3N5O3/c1-10(2)19-13(25)14(26)22-7-5-21(6-8-22)12(24)9-23-4-3-11(20-23)15(16,17)18/h3-4,10H,5-9H2,1-2H3,(H,19,25). The van der Waals surface area contributed by atoms with Crippen LogP contribution in [0.4, 0.5) is 13.2 Å². The fourth-order valence-corrected chi connectivity index (χ4v) is 2.47. The zero-order valence-electron chi connectivity index (χ0n) is 14.4. The van der Waals surface area contributed by atoms with Crippen LogP contribution in [0.1, 0.15) is 19.5 Å². The Morgan fingerprint density at radius 2 is 1.73 bits per heavy atom. The molecule has 0 aromatic carbocycles. The van der Waals surface area contributed by atoms with E-state index < -0.39 is 29.6 Å². The summed E-state index contributed by atoms with van der Waals surface area (Å²) in [5.41, 5.74) is -1.06. The van der Waals surface area contributed by atoms with Gasteiger partial charge in [-0.15, -0.1) is 0 Å². The van der Waals surface area contributed by atoms with Crippen LogP contribution in [-0.2, 0) is 27.1 Å². The second-order valence-electron chi connectivity index (χ2n) is 6.20. The molecule has 1 aromatic heterocycles. The first-order chi connectivity index (χ1) is 12.1. The van der Waals surface area contributed by atoms with Crippen molar-refractivity contribution in [1.82, 2.24) is 24.9 Å². The molecule has 144 valence electrons. The average Bonchev–Trinajstić information content (AvgIpc) is 3.02. The predicted molar refractivity (Wildman–Crippen MR) is 83.7 cm³/mol. The van der Waals surface area contributed by atoms with Gasteiger partial charge in [0.2, 0.25) is 5.91 Å². The van der Waals surface area contributed by atoms with Crippen LogP contribution in [-0.4, -0.2) is 69.5 Å². The van der Waals surface area contributed by atoms with E-state index in [9.17, 15) is 27.6 Å². The van der Waals surface area contributed by atoms with Crippen LogP contribution in [0, 0.1) is 0 Å². The van der Waals surface area contributed by atoms with E-state index in [0.717, 1.165) is 16.9 Å². The summed E-state index contributed by atoms with van der Waals surface area (Å²) in [6.07, 6.45) is -3.46. The molecule has 0 aliphatic carbocycles. The Labute approximate surface area is 147 Å². The lowest BCUT2D eigenvalue weighted by atomic mass is 10.3. The number of nitrogens with one attached hydrogen (secondary N) is 1. The highest BCUT2D eigenvalue weighted by Crippen LogP contribution is 2.27. The second kappa shape index (κ2) is 7.75. The first-order valence-corrected chi connectivity index (χ1v) is 8.06. The van der Waals surface area contributed by atoms with Gasteiger partial charge >= 0.3 is 18.0 Å². The van der Waals surface area contributed by atoms with Crippen molar-refractivity contribution in [3.05, 3.63) is 18.0 Å². The number of carbonyl (C=O) groups excluding carboxylic acids is 3. The minimum absolute atomic E-state index is 0.162. The van der Waals surface area contributed by atoms with Crippen molar-refractivity contribution < 1.29 is 27.6 Å². The Kier molecular flexibility index (Phi) is 5.88. The summed E-state index contributed by atoms with van der Waals surface area (Å²) in [6, 6.07) is 0.641. The van der Waals surface area contributed by atoms with Crippen LogP contribution in [0.25, 0.3) is 0 Å². The number of rotatable bonds is 3. The highest BCUT2D eigenvalue weighted by Gasteiger charge is 2.34. The van der Waals surface area contributed by atoms with Gasteiger partial charge in [-0.1, -0.05) is 0 Å². The Balaban J connectivity index is 1.85. The third kappa shape index (κ3) is 4.96. The third-order valence-corrected chi connectivity index (χ3v) is 3.76. The Bertz CT molecular complexity index is 678. The van der Waals surface area contributed by atoms with Crippen molar-refractivity contribution >= 4 is 17.7 Å². The van der Waals surface area contributed by atoms with E-state index in [0.29, 0.717) is 0 Å². The quantitative estimate of drug-likeness (QED) is 0.759. The van der Waals surface area contributed by atoms with Crippen molar-refractivity contribution in [2.75, 3.05) is 26.2 Å². The molecule has 1 N–H and O–H groups in total. The van der Waals surface area contributed by atoms with Crippen molar-refractivity contribution in [3.63, 3.8) is 0 Å². The normalized spacial score (nSPS) is 15.3. The number of nitrogens with zero attached hydrogens (tertiary/aromatic N) is 4. The number of hydrogen-bond acceptors (Lipinski definition) is 4. The number of carbonyl (C=O) groups is 3. The van der Waals surface area contributed by atoms with Crippen molar-refractivity contribution in [3.8, 4) is 0 Å². The number of aromatic nitrogens is 2. The first-order valence-electron chi connectivity index (χ1n) is 8.06. The van der Waals surface area contributed by atoms with Crippen molar-refractivity contribution in [1.29, 1.82) is 0 Å². The average molecular weight is 375 g/mol. The van der Waals surface area contributed by atoms with Crippen LogP contribution in [0.15, 0.2) is 12.3 Å². The minimum atomic E-state index is -4.56. The summed E-state index contributed by atoms with van der Waals surface area (Å²) in [7, 11) is 0. The van der Waals surface area contributed by atoms with Gasteiger partial charge in [-0.2, -0.15) is 18.3 Å². The molecule has 1 aromatic rings. The lowest BCUT2D eigenvalue weighted by Crippen LogP contribution is -2.54. The number of halogens is 3. The van der Waals surface area contributed by atoms with E-state index in [-0.39, 0.29) is 38.8 Å². The van der Waals surface area contributed by atoms with Crippen molar-refractivity contribution in [2.45, 2.75) is 32.6 Å². The fraction of sp³-hybridized carbons (Fsp3) is 0.600. The Hall–Kier alpha value is -2.59. The van der Waals surface area contributed by atoms with E-state index in [1.54, 1.807) is 13.8 Å². The van der Waals surface area contributed by atoms with Gasteiger partial charge < -0.3 is 15.1 Å². The molecular weight excluding hydrogens is 355 g/mol. The predicted octanol–water partition coefficient (Wildman–Crippen LogP) is 0.0973. The first kappa shape index (κ1) is 19.7. The molecule has 1 aliphatic heterocycles. The molecule has 1 aliphatic rings. The van der Waals surface area contributed by atoms with Gasteiger partial charge in [0.25, 0.3) is 0 Å². The summed E-state index contributed by atoms with van der Waals surface area (Å²) < 4.78 is 38.5. The molecule has 2 rings (SSSR count). The van der Waals surface area contributed by atoms with Gasteiger partial charge in [-0.3, -0.25) is 19.1 Å². The maximum Gasteiger partial charge on any atom is 0.435 e. The highest BCUT2D eigenvalue weighted by atomic mass is 19.4. The fourth-order valence-electron chi connectivity index (χ4n) is 2.47. The maximum atomic E-state index is 12.5. The molecular formula is C15H20F3N5O3. The molecule has 1 saturated heterocycles. The van der Waals surface area contributed by atoms with Crippen LogP contribution < -0.4 is 5.32 Å². The van der Waals surface area contributed by atoms with Crippen LogP contribution in [0.2, 0.25) is 0 Å². The van der Waals surface area contributed by atoms with Gasteiger partial charge in [0.1, 0.15) is 6.54 Å². The van der Waals surface area contributed by atoms with E-state index in [4.69, 9.17) is 0 Å².